The largest absolute Gasteiger partial charge is 0.481 e. The molecule has 0 aliphatic heterocycles. The average molecular weight is 303 g/mol. The summed E-state index contributed by atoms with van der Waals surface area (Å²) in [6.07, 6.45) is 5.64. The molecule has 2 rings (SSSR count). The summed E-state index contributed by atoms with van der Waals surface area (Å²) < 4.78 is 0. The van der Waals surface area contributed by atoms with Gasteiger partial charge in [-0.05, 0) is 43.1 Å². The van der Waals surface area contributed by atoms with Crippen LogP contribution in [0, 0.1) is 11.8 Å². The lowest BCUT2D eigenvalue weighted by Crippen LogP contribution is -2.46. The smallest absolute Gasteiger partial charge is 0.303 e. The van der Waals surface area contributed by atoms with Gasteiger partial charge in [-0.25, -0.2) is 0 Å². The van der Waals surface area contributed by atoms with Crippen molar-refractivity contribution in [3.8, 4) is 0 Å². The number of carboxylic acids is 1. The van der Waals surface area contributed by atoms with E-state index in [1.54, 1.807) is 0 Å². The van der Waals surface area contributed by atoms with E-state index in [1.807, 2.05) is 6.07 Å². The highest BCUT2D eigenvalue weighted by Gasteiger charge is 2.27. The molecular weight excluding hydrogens is 274 g/mol. The number of benzene rings is 1. The fourth-order valence-corrected chi connectivity index (χ4v) is 3.51. The van der Waals surface area contributed by atoms with Gasteiger partial charge >= 0.3 is 5.97 Å². The van der Waals surface area contributed by atoms with E-state index < -0.39 is 5.97 Å². The van der Waals surface area contributed by atoms with Gasteiger partial charge in [-0.1, -0.05) is 50.6 Å². The summed E-state index contributed by atoms with van der Waals surface area (Å²) in [5.74, 6) is 0.745. The van der Waals surface area contributed by atoms with Crippen LogP contribution in [-0.2, 0) is 11.2 Å². The monoisotopic (exact) mass is 303 g/mol. The Hall–Kier alpha value is -1.35. The van der Waals surface area contributed by atoms with Crippen molar-refractivity contribution >= 4 is 5.97 Å². The average Bonchev–Trinajstić information content (AvgIpc) is 2.49. The molecule has 3 heteroatoms. The van der Waals surface area contributed by atoms with Gasteiger partial charge in [-0.15, -0.1) is 0 Å². The van der Waals surface area contributed by atoms with Crippen LogP contribution in [0.3, 0.4) is 0 Å². The summed E-state index contributed by atoms with van der Waals surface area (Å²) in [7, 11) is 0. The lowest BCUT2D eigenvalue weighted by molar-refractivity contribution is -0.137. The zero-order valence-electron chi connectivity index (χ0n) is 13.8. The van der Waals surface area contributed by atoms with Crippen molar-refractivity contribution in [3.05, 3.63) is 35.9 Å². The number of carbonyl (C=O) groups is 1. The molecule has 0 bridgehead atoms. The Bertz CT molecular complexity index is 460. The van der Waals surface area contributed by atoms with Gasteiger partial charge in [-0.2, -0.15) is 0 Å². The SMILES string of the molecule is CC1CCC(C)C(NC(CCC(=O)O)Cc2ccccc2)C1. The molecule has 1 fully saturated rings. The normalized spacial score (nSPS) is 26.5. The lowest BCUT2D eigenvalue weighted by atomic mass is 9.79. The molecule has 1 aliphatic rings. The molecule has 1 aromatic carbocycles. The summed E-state index contributed by atoms with van der Waals surface area (Å²) in [5.41, 5.74) is 1.28. The molecule has 1 saturated carbocycles. The van der Waals surface area contributed by atoms with E-state index in [0.717, 1.165) is 12.3 Å². The summed E-state index contributed by atoms with van der Waals surface area (Å²) >= 11 is 0. The first-order valence-electron chi connectivity index (χ1n) is 8.56. The van der Waals surface area contributed by atoms with Crippen LogP contribution >= 0.6 is 0 Å². The molecule has 0 spiro atoms. The molecule has 0 aromatic heterocycles. The maximum Gasteiger partial charge on any atom is 0.303 e. The first kappa shape index (κ1) is 17.0. The van der Waals surface area contributed by atoms with Gasteiger partial charge < -0.3 is 10.4 Å². The van der Waals surface area contributed by atoms with Crippen molar-refractivity contribution < 1.29 is 9.90 Å². The Morgan fingerprint density at radius 2 is 2.00 bits per heavy atom. The van der Waals surface area contributed by atoms with Crippen molar-refractivity contribution in [1.29, 1.82) is 0 Å². The second-order valence-electron chi connectivity index (χ2n) is 6.99. The van der Waals surface area contributed by atoms with E-state index in [4.69, 9.17) is 5.11 Å². The van der Waals surface area contributed by atoms with Crippen LogP contribution in [0.25, 0.3) is 0 Å². The minimum absolute atomic E-state index is 0.237. The third-order valence-corrected chi connectivity index (χ3v) is 4.94. The van der Waals surface area contributed by atoms with Gasteiger partial charge in [0.15, 0.2) is 0 Å². The minimum Gasteiger partial charge on any atom is -0.481 e. The van der Waals surface area contributed by atoms with Crippen LogP contribution in [0.2, 0.25) is 0 Å². The Labute approximate surface area is 134 Å². The zero-order valence-corrected chi connectivity index (χ0v) is 13.8. The van der Waals surface area contributed by atoms with Gasteiger partial charge in [0, 0.05) is 18.5 Å². The van der Waals surface area contributed by atoms with Crippen molar-refractivity contribution in [2.45, 2.75) is 64.5 Å². The second-order valence-corrected chi connectivity index (χ2v) is 6.99. The van der Waals surface area contributed by atoms with Crippen molar-refractivity contribution in [3.63, 3.8) is 0 Å². The van der Waals surface area contributed by atoms with Crippen molar-refractivity contribution in [1.82, 2.24) is 5.32 Å². The Kier molecular flexibility index (Phi) is 6.44. The topological polar surface area (TPSA) is 49.3 Å². The highest BCUT2D eigenvalue weighted by molar-refractivity contribution is 5.66. The van der Waals surface area contributed by atoms with Gasteiger partial charge in [0.1, 0.15) is 0 Å². The van der Waals surface area contributed by atoms with Crippen LogP contribution in [0.15, 0.2) is 30.3 Å². The molecule has 0 heterocycles. The highest BCUT2D eigenvalue weighted by atomic mass is 16.4. The van der Waals surface area contributed by atoms with E-state index in [9.17, 15) is 4.79 Å². The lowest BCUT2D eigenvalue weighted by Gasteiger charge is -2.36. The molecule has 1 aliphatic carbocycles. The van der Waals surface area contributed by atoms with E-state index >= 15 is 0 Å². The quantitative estimate of drug-likeness (QED) is 0.803. The minimum atomic E-state index is -0.704. The maximum atomic E-state index is 10.9. The number of hydrogen-bond acceptors (Lipinski definition) is 2. The zero-order chi connectivity index (χ0) is 15.9. The first-order chi connectivity index (χ1) is 10.5. The third kappa shape index (κ3) is 5.45. The Balaban J connectivity index is 1.98. The van der Waals surface area contributed by atoms with E-state index in [0.29, 0.717) is 18.4 Å². The highest BCUT2D eigenvalue weighted by Crippen LogP contribution is 2.29. The number of nitrogens with one attached hydrogen (secondary N) is 1. The molecule has 2 N–H and O–H groups in total. The van der Waals surface area contributed by atoms with Gasteiger partial charge in [-0.3, -0.25) is 4.79 Å². The molecule has 3 nitrogen and oxygen atoms in total. The van der Waals surface area contributed by atoms with Gasteiger partial charge in [0.2, 0.25) is 0 Å². The fourth-order valence-electron chi connectivity index (χ4n) is 3.51. The van der Waals surface area contributed by atoms with Crippen molar-refractivity contribution in [2.24, 2.45) is 11.8 Å². The standard InChI is InChI=1S/C19H29NO2/c1-14-8-9-15(2)18(12-14)20-17(10-11-19(21)22)13-16-6-4-3-5-7-16/h3-7,14-15,17-18,20H,8-13H2,1-2H3,(H,21,22). The molecule has 4 atom stereocenters. The summed E-state index contributed by atoms with van der Waals surface area (Å²) in [6.45, 7) is 4.64. The molecular formula is C19H29NO2. The van der Waals surface area contributed by atoms with E-state index in [-0.39, 0.29) is 12.5 Å². The van der Waals surface area contributed by atoms with Crippen LogP contribution < -0.4 is 5.32 Å². The van der Waals surface area contributed by atoms with Gasteiger partial charge in [0.05, 0.1) is 0 Å². The molecule has 0 amide bonds. The second kappa shape index (κ2) is 8.33. The van der Waals surface area contributed by atoms with E-state index in [2.05, 4.69) is 43.4 Å². The number of aliphatic carboxylic acids is 1. The number of rotatable bonds is 7. The summed E-state index contributed by atoms with van der Waals surface area (Å²) in [6, 6.07) is 11.1. The number of carboxylic acid groups (broad SMARTS) is 1. The fraction of sp³-hybridized carbons (Fsp3) is 0.632. The Morgan fingerprint density at radius 1 is 1.27 bits per heavy atom. The summed E-state index contributed by atoms with van der Waals surface area (Å²) in [5, 5.41) is 12.8. The molecule has 22 heavy (non-hydrogen) atoms. The molecule has 1 aromatic rings. The van der Waals surface area contributed by atoms with Crippen LogP contribution in [-0.4, -0.2) is 23.2 Å². The predicted molar refractivity (Wildman–Crippen MR) is 89.9 cm³/mol. The molecule has 0 radical (unpaired) electrons. The summed E-state index contributed by atoms with van der Waals surface area (Å²) in [4.78, 5) is 10.9. The Morgan fingerprint density at radius 3 is 2.68 bits per heavy atom. The predicted octanol–water partition coefficient (Wildman–Crippen LogP) is 3.88. The third-order valence-electron chi connectivity index (χ3n) is 4.94. The van der Waals surface area contributed by atoms with Crippen LogP contribution in [0.5, 0.6) is 0 Å². The van der Waals surface area contributed by atoms with Crippen molar-refractivity contribution in [2.75, 3.05) is 0 Å². The van der Waals surface area contributed by atoms with Crippen LogP contribution in [0.4, 0.5) is 0 Å². The first-order valence-corrected chi connectivity index (χ1v) is 8.56. The van der Waals surface area contributed by atoms with E-state index in [1.165, 1.54) is 24.8 Å². The van der Waals surface area contributed by atoms with Crippen LogP contribution in [0.1, 0.15) is 51.5 Å². The van der Waals surface area contributed by atoms with Gasteiger partial charge in [0.25, 0.3) is 0 Å². The molecule has 122 valence electrons. The molecule has 4 unspecified atom stereocenters. The molecule has 0 saturated heterocycles. The number of hydrogen-bond donors (Lipinski definition) is 2. The maximum absolute atomic E-state index is 10.9.